The zero-order chi connectivity index (χ0) is 18.4. The van der Waals surface area contributed by atoms with E-state index in [1.807, 2.05) is 6.92 Å². The molecule has 3 heterocycles. The molecule has 3 aromatic rings. The van der Waals surface area contributed by atoms with Gasteiger partial charge in [-0.15, -0.1) is 11.3 Å². The van der Waals surface area contributed by atoms with E-state index in [2.05, 4.69) is 26.0 Å². The largest absolute Gasteiger partial charge is 0.435 e. The minimum atomic E-state index is -4.58. The third-order valence-corrected chi connectivity index (χ3v) is 5.67. The van der Waals surface area contributed by atoms with Gasteiger partial charge in [-0.2, -0.15) is 18.3 Å². The van der Waals surface area contributed by atoms with E-state index >= 15 is 0 Å². The van der Waals surface area contributed by atoms with Crippen molar-refractivity contribution < 1.29 is 18.3 Å². The molecule has 0 radical (unpaired) electrons. The van der Waals surface area contributed by atoms with Crippen molar-refractivity contribution in [2.75, 3.05) is 6.61 Å². The summed E-state index contributed by atoms with van der Waals surface area (Å²) in [7, 11) is 0. The Balaban J connectivity index is 2.03. The van der Waals surface area contributed by atoms with E-state index in [0.29, 0.717) is 15.3 Å². The van der Waals surface area contributed by atoms with Crippen molar-refractivity contribution in [3.8, 4) is 0 Å². The normalized spacial score (nSPS) is 12.2. The Hall–Kier alpha value is -1.72. The second-order valence-corrected chi connectivity index (χ2v) is 7.24. The van der Waals surface area contributed by atoms with Crippen LogP contribution >= 0.6 is 27.3 Å². The molecule has 134 valence electrons. The topological polar surface area (TPSA) is 72.4 Å². The van der Waals surface area contributed by atoms with E-state index < -0.39 is 11.9 Å². The van der Waals surface area contributed by atoms with Crippen LogP contribution in [0.4, 0.5) is 13.2 Å². The summed E-state index contributed by atoms with van der Waals surface area (Å²) >= 11 is 4.61. The molecule has 0 spiro atoms. The van der Waals surface area contributed by atoms with Crippen molar-refractivity contribution in [2.24, 2.45) is 0 Å². The molecule has 0 aliphatic carbocycles. The highest BCUT2D eigenvalue weighted by atomic mass is 79.9. The minimum Gasteiger partial charge on any atom is -0.396 e. The average molecular weight is 437 g/mol. The maximum Gasteiger partial charge on any atom is 0.435 e. The summed E-state index contributed by atoms with van der Waals surface area (Å²) in [5.74, 6) is 0. The molecule has 3 aromatic heterocycles. The number of alkyl halides is 3. The minimum absolute atomic E-state index is 0.0218. The lowest BCUT2D eigenvalue weighted by Gasteiger charge is -2.06. The van der Waals surface area contributed by atoms with Gasteiger partial charge in [0, 0.05) is 29.7 Å². The Morgan fingerprint density at radius 1 is 1.36 bits per heavy atom. The van der Waals surface area contributed by atoms with Gasteiger partial charge >= 0.3 is 6.18 Å². The van der Waals surface area contributed by atoms with Crippen LogP contribution in [0.5, 0.6) is 0 Å². The van der Waals surface area contributed by atoms with Crippen molar-refractivity contribution in [2.45, 2.75) is 26.1 Å². The van der Waals surface area contributed by atoms with Crippen molar-refractivity contribution >= 4 is 32.2 Å². The van der Waals surface area contributed by atoms with Gasteiger partial charge in [0.05, 0.1) is 12.2 Å². The molecule has 0 unspecified atom stereocenters. The maximum atomic E-state index is 12.9. The number of aliphatic hydroxyl groups is 1. The van der Waals surface area contributed by atoms with Crippen LogP contribution in [0.15, 0.2) is 21.5 Å². The monoisotopic (exact) mass is 436 g/mol. The van der Waals surface area contributed by atoms with Gasteiger partial charge in [0.15, 0.2) is 10.7 Å². The molecule has 0 fully saturated rings. The smallest absolute Gasteiger partial charge is 0.396 e. The fraction of sp³-hybridized carbons (Fsp3) is 0.357. The second kappa shape index (κ2) is 6.54. The number of halogens is 4. The van der Waals surface area contributed by atoms with Crippen LogP contribution in [0.3, 0.4) is 0 Å². The molecule has 25 heavy (non-hydrogen) atoms. The molecule has 6 nitrogen and oxygen atoms in total. The zero-order valence-corrected chi connectivity index (χ0v) is 15.2. The Labute approximate surface area is 151 Å². The predicted octanol–water partition coefficient (Wildman–Crippen LogP) is 2.63. The van der Waals surface area contributed by atoms with E-state index in [4.69, 9.17) is 5.11 Å². The highest BCUT2D eigenvalue weighted by Gasteiger charge is 2.34. The molecule has 0 atom stereocenters. The van der Waals surface area contributed by atoms with Crippen LogP contribution < -0.4 is 5.56 Å². The number of nitrogens with zero attached hydrogens (tertiary/aromatic N) is 4. The van der Waals surface area contributed by atoms with E-state index in [1.54, 1.807) is 0 Å². The number of hydrogen-bond acceptors (Lipinski definition) is 5. The average Bonchev–Trinajstić information content (AvgIpc) is 3.02. The van der Waals surface area contributed by atoms with Gasteiger partial charge in [0.2, 0.25) is 0 Å². The first-order chi connectivity index (χ1) is 11.7. The first-order valence-corrected chi connectivity index (χ1v) is 8.74. The lowest BCUT2D eigenvalue weighted by atomic mass is 10.3. The van der Waals surface area contributed by atoms with Crippen molar-refractivity contribution in [1.82, 2.24) is 19.2 Å². The van der Waals surface area contributed by atoms with Crippen molar-refractivity contribution in [3.05, 3.63) is 49.0 Å². The summed E-state index contributed by atoms with van der Waals surface area (Å²) in [4.78, 5) is 17.9. The van der Waals surface area contributed by atoms with Crippen LogP contribution in [0, 0.1) is 6.92 Å². The number of aliphatic hydroxyl groups excluding tert-OH is 1. The molecule has 0 saturated carbocycles. The standard InChI is InChI=1S/C14H12BrF3N4O2S/c1-7-12(15)22-11(24)4-8(19-13(22)25-7)6-21-9(2-3-23)5-10(20-21)14(16,17)18/h4-5,23H,2-3,6H2,1H3. The molecule has 0 bridgehead atoms. The van der Waals surface area contributed by atoms with Crippen LogP contribution in [0.2, 0.25) is 0 Å². The highest BCUT2D eigenvalue weighted by molar-refractivity contribution is 9.10. The maximum absolute atomic E-state index is 12.9. The predicted molar refractivity (Wildman–Crippen MR) is 88.9 cm³/mol. The van der Waals surface area contributed by atoms with E-state index in [1.165, 1.54) is 21.8 Å². The molecular formula is C14H12BrF3N4O2S. The lowest BCUT2D eigenvalue weighted by molar-refractivity contribution is -0.141. The number of aryl methyl sites for hydroxylation is 1. The number of aromatic nitrogens is 4. The molecule has 1 N–H and O–H groups in total. The Kier molecular flexibility index (Phi) is 4.73. The van der Waals surface area contributed by atoms with Crippen LogP contribution in [-0.4, -0.2) is 30.9 Å². The molecule has 0 aromatic carbocycles. The fourth-order valence-corrected chi connectivity index (χ4v) is 3.96. The van der Waals surface area contributed by atoms with Gasteiger partial charge in [0.25, 0.3) is 5.56 Å². The zero-order valence-electron chi connectivity index (χ0n) is 12.8. The first kappa shape index (κ1) is 18.1. The molecule has 0 saturated heterocycles. The molecule has 0 aliphatic heterocycles. The number of fused-ring (bicyclic) bond motifs is 1. The third-order valence-electron chi connectivity index (χ3n) is 3.51. The molecule has 0 amide bonds. The molecular weight excluding hydrogens is 425 g/mol. The third kappa shape index (κ3) is 3.48. The number of hydrogen-bond donors (Lipinski definition) is 1. The summed E-state index contributed by atoms with van der Waals surface area (Å²) < 4.78 is 41.7. The lowest BCUT2D eigenvalue weighted by Crippen LogP contribution is -2.17. The van der Waals surface area contributed by atoms with E-state index in [0.717, 1.165) is 15.6 Å². The van der Waals surface area contributed by atoms with Crippen molar-refractivity contribution in [1.29, 1.82) is 0 Å². The highest BCUT2D eigenvalue weighted by Crippen LogP contribution is 2.29. The summed E-state index contributed by atoms with van der Waals surface area (Å²) in [6.45, 7) is 1.42. The summed E-state index contributed by atoms with van der Waals surface area (Å²) in [5, 5.41) is 12.6. The Morgan fingerprint density at radius 2 is 2.08 bits per heavy atom. The summed E-state index contributed by atoms with van der Waals surface area (Å²) in [5.41, 5.74) is -0.846. The van der Waals surface area contributed by atoms with Gasteiger partial charge in [-0.3, -0.25) is 9.48 Å². The van der Waals surface area contributed by atoms with Crippen LogP contribution in [0.25, 0.3) is 4.96 Å². The van der Waals surface area contributed by atoms with E-state index in [-0.39, 0.29) is 30.8 Å². The first-order valence-electron chi connectivity index (χ1n) is 7.13. The second-order valence-electron chi connectivity index (χ2n) is 5.30. The van der Waals surface area contributed by atoms with Crippen molar-refractivity contribution in [3.63, 3.8) is 0 Å². The van der Waals surface area contributed by atoms with Gasteiger partial charge in [-0.05, 0) is 28.9 Å². The molecule has 3 rings (SSSR count). The van der Waals surface area contributed by atoms with Gasteiger partial charge in [-0.1, -0.05) is 0 Å². The molecule has 0 aliphatic rings. The number of thiazole rings is 1. The summed E-state index contributed by atoms with van der Waals surface area (Å²) in [6.07, 6.45) is -4.56. The Bertz CT molecular complexity index is 993. The Morgan fingerprint density at radius 3 is 2.72 bits per heavy atom. The van der Waals surface area contributed by atoms with Crippen LogP contribution in [0.1, 0.15) is 22.0 Å². The SMILES string of the molecule is Cc1sc2nc(Cn3nc(C(F)(F)F)cc3CCO)cc(=O)n2c1Br. The number of rotatable bonds is 4. The van der Waals surface area contributed by atoms with E-state index in [9.17, 15) is 18.0 Å². The quantitative estimate of drug-likeness (QED) is 0.682. The summed E-state index contributed by atoms with van der Waals surface area (Å²) in [6, 6.07) is 2.16. The van der Waals surface area contributed by atoms with Gasteiger partial charge in [-0.25, -0.2) is 9.38 Å². The van der Waals surface area contributed by atoms with Gasteiger partial charge in [0.1, 0.15) is 4.60 Å². The molecule has 11 heteroatoms. The fourth-order valence-electron chi connectivity index (χ4n) is 2.37. The van der Waals surface area contributed by atoms with Gasteiger partial charge < -0.3 is 5.11 Å². The van der Waals surface area contributed by atoms with Crippen LogP contribution in [-0.2, 0) is 19.1 Å².